The number of hydrogen-bond acceptors (Lipinski definition) is 3. The van der Waals surface area contributed by atoms with Crippen LogP contribution in [0.3, 0.4) is 0 Å². The SMILES string of the molecule is Cc1ccc(CC(=O)N2CCC(N3CCN(Cc4ccccc4)C(=O)C3=O)CC2)cc1. The molecule has 0 aliphatic carbocycles. The molecule has 6 heteroatoms. The molecular formula is C25H29N3O3. The fourth-order valence-electron chi connectivity index (χ4n) is 4.41. The molecule has 2 aromatic rings. The first-order chi connectivity index (χ1) is 15.0. The third kappa shape index (κ3) is 4.95. The van der Waals surface area contributed by atoms with Gasteiger partial charge in [-0.3, -0.25) is 14.4 Å². The van der Waals surface area contributed by atoms with Gasteiger partial charge in [-0.05, 0) is 30.9 Å². The highest BCUT2D eigenvalue weighted by Gasteiger charge is 2.37. The largest absolute Gasteiger partial charge is 0.342 e. The number of nitrogens with zero attached hydrogens (tertiary/aromatic N) is 3. The van der Waals surface area contributed by atoms with Gasteiger partial charge in [0, 0.05) is 38.8 Å². The van der Waals surface area contributed by atoms with E-state index in [1.54, 1.807) is 9.80 Å². The first-order valence-electron chi connectivity index (χ1n) is 11.0. The lowest BCUT2D eigenvalue weighted by Gasteiger charge is -2.42. The monoisotopic (exact) mass is 419 g/mol. The zero-order valence-electron chi connectivity index (χ0n) is 18.0. The zero-order chi connectivity index (χ0) is 21.8. The van der Waals surface area contributed by atoms with Gasteiger partial charge in [0.15, 0.2) is 0 Å². The summed E-state index contributed by atoms with van der Waals surface area (Å²) in [5.41, 5.74) is 3.23. The molecule has 2 aliphatic heterocycles. The molecule has 0 spiro atoms. The molecule has 0 N–H and O–H groups in total. The summed E-state index contributed by atoms with van der Waals surface area (Å²) in [6, 6.07) is 17.8. The van der Waals surface area contributed by atoms with Crippen LogP contribution in [0.5, 0.6) is 0 Å². The molecule has 0 atom stereocenters. The average molecular weight is 420 g/mol. The molecule has 31 heavy (non-hydrogen) atoms. The molecular weight excluding hydrogens is 390 g/mol. The van der Waals surface area contributed by atoms with Crippen molar-refractivity contribution in [3.8, 4) is 0 Å². The van der Waals surface area contributed by atoms with Gasteiger partial charge in [0.2, 0.25) is 5.91 Å². The minimum atomic E-state index is -0.423. The zero-order valence-corrected chi connectivity index (χ0v) is 18.0. The Balaban J connectivity index is 1.29. The molecule has 2 saturated heterocycles. The first kappa shape index (κ1) is 21.1. The van der Waals surface area contributed by atoms with E-state index in [1.165, 1.54) is 5.56 Å². The van der Waals surface area contributed by atoms with Crippen LogP contribution in [0.15, 0.2) is 54.6 Å². The molecule has 162 valence electrons. The molecule has 0 saturated carbocycles. The van der Waals surface area contributed by atoms with Crippen molar-refractivity contribution in [1.82, 2.24) is 14.7 Å². The molecule has 0 aromatic heterocycles. The molecule has 0 bridgehead atoms. The Kier molecular flexibility index (Phi) is 6.35. The minimum Gasteiger partial charge on any atom is -0.342 e. The smallest absolute Gasteiger partial charge is 0.312 e. The minimum absolute atomic E-state index is 0.0266. The Hall–Kier alpha value is -3.15. The number of rotatable bonds is 5. The third-order valence-corrected chi connectivity index (χ3v) is 6.29. The Morgan fingerprint density at radius 3 is 2.19 bits per heavy atom. The van der Waals surface area contributed by atoms with Crippen LogP contribution in [0.25, 0.3) is 0 Å². The highest BCUT2D eigenvalue weighted by atomic mass is 16.2. The highest BCUT2D eigenvalue weighted by Crippen LogP contribution is 2.21. The van der Waals surface area contributed by atoms with Gasteiger partial charge >= 0.3 is 11.8 Å². The molecule has 4 rings (SSSR count). The molecule has 0 unspecified atom stereocenters. The average Bonchev–Trinajstić information content (AvgIpc) is 2.79. The number of hydrogen-bond donors (Lipinski definition) is 0. The van der Waals surface area contributed by atoms with Crippen LogP contribution in [0, 0.1) is 6.92 Å². The fraction of sp³-hybridized carbons (Fsp3) is 0.400. The van der Waals surface area contributed by atoms with Crippen molar-refractivity contribution < 1.29 is 14.4 Å². The summed E-state index contributed by atoms with van der Waals surface area (Å²) in [4.78, 5) is 43.3. The summed E-state index contributed by atoms with van der Waals surface area (Å²) in [6.07, 6.45) is 1.84. The quantitative estimate of drug-likeness (QED) is 0.700. The second-order valence-electron chi connectivity index (χ2n) is 8.49. The molecule has 0 radical (unpaired) electrons. The molecule has 3 amide bonds. The van der Waals surface area contributed by atoms with E-state index in [4.69, 9.17) is 0 Å². The summed E-state index contributed by atoms with van der Waals surface area (Å²) in [5.74, 6) is -0.711. The van der Waals surface area contributed by atoms with Gasteiger partial charge in [-0.2, -0.15) is 0 Å². The predicted molar refractivity (Wildman–Crippen MR) is 118 cm³/mol. The van der Waals surface area contributed by atoms with Gasteiger partial charge in [0.25, 0.3) is 0 Å². The van der Waals surface area contributed by atoms with Crippen LogP contribution in [0.1, 0.15) is 29.5 Å². The van der Waals surface area contributed by atoms with Gasteiger partial charge in [-0.1, -0.05) is 60.2 Å². The van der Waals surface area contributed by atoms with Crippen molar-refractivity contribution >= 4 is 17.7 Å². The molecule has 2 fully saturated rings. The van der Waals surface area contributed by atoms with E-state index in [-0.39, 0.29) is 11.9 Å². The van der Waals surface area contributed by atoms with Gasteiger partial charge in [0.05, 0.1) is 6.42 Å². The summed E-state index contributed by atoms with van der Waals surface area (Å²) >= 11 is 0. The summed E-state index contributed by atoms with van der Waals surface area (Å²) in [6.45, 7) is 4.85. The van der Waals surface area contributed by atoms with Crippen molar-refractivity contribution in [3.63, 3.8) is 0 Å². The van der Waals surface area contributed by atoms with E-state index in [0.29, 0.717) is 39.1 Å². The number of carbonyl (C=O) groups excluding carboxylic acids is 3. The van der Waals surface area contributed by atoms with E-state index in [1.807, 2.05) is 66.4 Å². The van der Waals surface area contributed by atoms with E-state index in [2.05, 4.69) is 0 Å². The maximum atomic E-state index is 12.8. The Bertz CT molecular complexity index is 934. The van der Waals surface area contributed by atoms with Crippen LogP contribution < -0.4 is 0 Å². The summed E-state index contributed by atoms with van der Waals surface area (Å²) in [7, 11) is 0. The van der Waals surface area contributed by atoms with Crippen molar-refractivity contribution in [2.45, 2.75) is 38.8 Å². The standard InChI is InChI=1S/C25H29N3O3/c1-19-7-9-20(10-8-19)17-23(29)26-13-11-22(12-14-26)28-16-15-27(24(30)25(28)31)18-21-5-3-2-4-6-21/h2-10,22H,11-18H2,1H3. The van der Waals surface area contributed by atoms with Crippen molar-refractivity contribution in [2.75, 3.05) is 26.2 Å². The summed E-state index contributed by atoms with van der Waals surface area (Å²) < 4.78 is 0. The van der Waals surface area contributed by atoms with E-state index in [0.717, 1.165) is 24.0 Å². The topological polar surface area (TPSA) is 60.9 Å². The van der Waals surface area contributed by atoms with E-state index >= 15 is 0 Å². The van der Waals surface area contributed by atoms with Gasteiger partial charge in [-0.15, -0.1) is 0 Å². The maximum Gasteiger partial charge on any atom is 0.312 e. The van der Waals surface area contributed by atoms with Gasteiger partial charge < -0.3 is 14.7 Å². The number of benzene rings is 2. The van der Waals surface area contributed by atoms with Gasteiger partial charge in [0.1, 0.15) is 0 Å². The number of aryl methyl sites for hydroxylation is 1. The first-order valence-corrected chi connectivity index (χ1v) is 11.0. The Morgan fingerprint density at radius 2 is 1.52 bits per heavy atom. The highest BCUT2D eigenvalue weighted by molar-refractivity contribution is 6.35. The van der Waals surface area contributed by atoms with Crippen LogP contribution in [-0.4, -0.2) is 64.6 Å². The van der Waals surface area contributed by atoms with Crippen LogP contribution in [-0.2, 0) is 27.3 Å². The summed E-state index contributed by atoms with van der Waals surface area (Å²) in [5, 5.41) is 0. The van der Waals surface area contributed by atoms with Crippen LogP contribution >= 0.6 is 0 Å². The third-order valence-electron chi connectivity index (χ3n) is 6.29. The van der Waals surface area contributed by atoms with Gasteiger partial charge in [-0.25, -0.2) is 0 Å². The molecule has 2 aromatic carbocycles. The second-order valence-corrected chi connectivity index (χ2v) is 8.49. The van der Waals surface area contributed by atoms with Crippen molar-refractivity contribution in [2.24, 2.45) is 0 Å². The second kappa shape index (κ2) is 9.33. The molecule has 2 aliphatic rings. The normalized spacial score (nSPS) is 17.9. The van der Waals surface area contributed by atoms with Crippen molar-refractivity contribution in [3.05, 3.63) is 71.3 Å². The number of carbonyl (C=O) groups is 3. The lowest BCUT2D eigenvalue weighted by molar-refractivity contribution is -0.159. The Morgan fingerprint density at radius 1 is 0.839 bits per heavy atom. The number of likely N-dealkylation sites (tertiary alicyclic amines) is 1. The Labute approximate surface area is 183 Å². The lowest BCUT2D eigenvalue weighted by atomic mass is 10.0. The number of amides is 3. The molecule has 6 nitrogen and oxygen atoms in total. The predicted octanol–water partition coefficient (Wildman–Crippen LogP) is 2.40. The van der Waals surface area contributed by atoms with Crippen molar-refractivity contribution in [1.29, 1.82) is 0 Å². The number of piperidine rings is 1. The van der Waals surface area contributed by atoms with E-state index < -0.39 is 11.8 Å². The molecule has 2 heterocycles. The van der Waals surface area contributed by atoms with Crippen LogP contribution in [0.4, 0.5) is 0 Å². The number of piperazine rings is 1. The maximum absolute atomic E-state index is 12.8. The lowest BCUT2D eigenvalue weighted by Crippen LogP contribution is -2.59. The fourth-order valence-corrected chi connectivity index (χ4v) is 4.41. The van der Waals surface area contributed by atoms with E-state index in [9.17, 15) is 14.4 Å². The van der Waals surface area contributed by atoms with Crippen LogP contribution in [0.2, 0.25) is 0 Å².